The van der Waals surface area contributed by atoms with E-state index >= 15 is 0 Å². The summed E-state index contributed by atoms with van der Waals surface area (Å²) in [6.45, 7) is 6.03. The summed E-state index contributed by atoms with van der Waals surface area (Å²) in [6.07, 6.45) is 8.16. The molecule has 34 heavy (non-hydrogen) atoms. The first-order valence-electron chi connectivity index (χ1n) is 11.3. The zero-order valence-corrected chi connectivity index (χ0v) is 19.3. The van der Waals surface area contributed by atoms with Gasteiger partial charge in [0.1, 0.15) is 17.2 Å². The van der Waals surface area contributed by atoms with E-state index in [2.05, 4.69) is 30.1 Å². The maximum Gasteiger partial charge on any atom is 0.293 e. The summed E-state index contributed by atoms with van der Waals surface area (Å²) in [5.41, 5.74) is 2.06. The first-order chi connectivity index (χ1) is 16.4. The number of amides is 1. The number of anilines is 2. The molecule has 2 atom stereocenters. The largest absolute Gasteiger partial charge is 0.365 e. The van der Waals surface area contributed by atoms with Crippen LogP contribution in [-0.2, 0) is 6.54 Å². The minimum Gasteiger partial charge on any atom is -0.365 e. The highest BCUT2D eigenvalue weighted by molar-refractivity contribution is 6.06. The van der Waals surface area contributed by atoms with Gasteiger partial charge in [-0.05, 0) is 30.4 Å². The predicted octanol–water partition coefficient (Wildman–Crippen LogP) is 4.83. The van der Waals surface area contributed by atoms with E-state index in [4.69, 9.17) is 6.42 Å². The summed E-state index contributed by atoms with van der Waals surface area (Å²) >= 11 is 0. The summed E-state index contributed by atoms with van der Waals surface area (Å²) in [6, 6.07) is 14.1. The molecular formula is C26H27N5O3. The normalized spacial score (nSPS) is 17.7. The summed E-state index contributed by atoms with van der Waals surface area (Å²) in [7, 11) is 0. The van der Waals surface area contributed by atoms with Crippen LogP contribution >= 0.6 is 0 Å². The van der Waals surface area contributed by atoms with Gasteiger partial charge in [0.05, 0.1) is 17.8 Å². The lowest BCUT2D eigenvalue weighted by Gasteiger charge is -2.36. The van der Waals surface area contributed by atoms with Crippen molar-refractivity contribution in [1.29, 1.82) is 0 Å². The van der Waals surface area contributed by atoms with Crippen LogP contribution in [-0.4, -0.2) is 33.5 Å². The van der Waals surface area contributed by atoms with E-state index in [9.17, 15) is 14.9 Å². The smallest absolute Gasteiger partial charge is 0.293 e. The molecule has 0 saturated carbocycles. The molecule has 1 fully saturated rings. The molecule has 2 aromatic carbocycles. The topological polar surface area (TPSA) is 93.3 Å². The molecule has 174 valence electrons. The quantitative estimate of drug-likeness (QED) is 0.325. The third kappa shape index (κ3) is 4.79. The van der Waals surface area contributed by atoms with Crippen molar-refractivity contribution >= 4 is 23.1 Å². The highest BCUT2D eigenvalue weighted by Crippen LogP contribution is 2.34. The third-order valence-corrected chi connectivity index (χ3v) is 6.02. The first kappa shape index (κ1) is 23.1. The lowest BCUT2D eigenvalue weighted by atomic mass is 9.91. The van der Waals surface area contributed by atoms with Crippen molar-refractivity contribution in [1.82, 2.24) is 9.55 Å². The molecule has 4 rings (SSSR count). The lowest BCUT2D eigenvalue weighted by molar-refractivity contribution is -0.384. The number of carbonyl (C=O) groups is 1. The van der Waals surface area contributed by atoms with Crippen molar-refractivity contribution in [2.24, 2.45) is 11.8 Å². The van der Waals surface area contributed by atoms with Crippen molar-refractivity contribution in [3.05, 3.63) is 70.5 Å². The Kier molecular flexibility index (Phi) is 6.64. The van der Waals surface area contributed by atoms with Crippen LogP contribution in [0.3, 0.4) is 0 Å². The number of nitrogens with one attached hydrogen (secondary N) is 1. The van der Waals surface area contributed by atoms with Gasteiger partial charge in [0.15, 0.2) is 0 Å². The number of carbonyl (C=O) groups excluding carboxylic acids is 1. The zero-order valence-electron chi connectivity index (χ0n) is 19.3. The Morgan fingerprint density at radius 3 is 2.56 bits per heavy atom. The van der Waals surface area contributed by atoms with Gasteiger partial charge in [-0.25, -0.2) is 4.98 Å². The van der Waals surface area contributed by atoms with Crippen LogP contribution in [0.2, 0.25) is 0 Å². The van der Waals surface area contributed by atoms with Crippen molar-refractivity contribution < 1.29 is 9.72 Å². The number of terminal acetylenes is 1. The standard InChI is InChI=1S/C26H27N5O3/c1-4-12-29-17-27-24(20-8-6-5-7-9-20)25(29)28-26(32)21-10-11-22(23(14-21)31(33)34)30-15-18(2)13-19(3)16-30/h1,5-11,14,17-19H,12-13,15-16H2,2-3H3,(H,28,32). The molecule has 0 spiro atoms. The van der Waals surface area contributed by atoms with E-state index in [-0.39, 0.29) is 17.8 Å². The second kappa shape index (κ2) is 9.79. The summed E-state index contributed by atoms with van der Waals surface area (Å²) in [5, 5.41) is 14.8. The zero-order chi connectivity index (χ0) is 24.2. The second-order valence-electron chi connectivity index (χ2n) is 8.91. The molecule has 0 radical (unpaired) electrons. The van der Waals surface area contributed by atoms with Gasteiger partial charge in [0.2, 0.25) is 0 Å². The molecule has 1 amide bonds. The van der Waals surface area contributed by atoms with E-state index in [0.29, 0.717) is 29.0 Å². The van der Waals surface area contributed by atoms with Gasteiger partial charge in [0, 0.05) is 30.3 Å². The number of nitro groups is 1. The van der Waals surface area contributed by atoms with Crippen LogP contribution in [0.4, 0.5) is 17.2 Å². The molecule has 1 saturated heterocycles. The fourth-order valence-corrected chi connectivity index (χ4v) is 4.66. The van der Waals surface area contributed by atoms with Crippen LogP contribution in [0, 0.1) is 34.3 Å². The van der Waals surface area contributed by atoms with Gasteiger partial charge >= 0.3 is 0 Å². The van der Waals surface area contributed by atoms with Crippen molar-refractivity contribution in [2.75, 3.05) is 23.3 Å². The van der Waals surface area contributed by atoms with E-state index in [1.165, 1.54) is 6.07 Å². The van der Waals surface area contributed by atoms with Crippen LogP contribution in [0.15, 0.2) is 54.9 Å². The molecule has 1 aromatic heterocycles. The Morgan fingerprint density at radius 2 is 1.91 bits per heavy atom. The molecule has 1 aliphatic rings. The second-order valence-corrected chi connectivity index (χ2v) is 8.91. The Morgan fingerprint density at radius 1 is 1.21 bits per heavy atom. The molecular weight excluding hydrogens is 430 g/mol. The summed E-state index contributed by atoms with van der Waals surface area (Å²) < 4.78 is 1.67. The number of rotatable bonds is 6. The Labute approximate surface area is 198 Å². The highest BCUT2D eigenvalue weighted by Gasteiger charge is 2.28. The third-order valence-electron chi connectivity index (χ3n) is 6.02. The fourth-order valence-electron chi connectivity index (χ4n) is 4.66. The molecule has 2 unspecified atom stereocenters. The highest BCUT2D eigenvalue weighted by atomic mass is 16.6. The number of hydrogen-bond acceptors (Lipinski definition) is 5. The lowest BCUT2D eigenvalue weighted by Crippen LogP contribution is -2.39. The van der Waals surface area contributed by atoms with Gasteiger partial charge in [-0.2, -0.15) is 0 Å². The minimum absolute atomic E-state index is 0.0747. The summed E-state index contributed by atoms with van der Waals surface area (Å²) in [5.74, 6) is 3.42. The Bertz CT molecular complexity index is 1240. The van der Waals surface area contributed by atoms with E-state index in [1.807, 2.05) is 35.2 Å². The maximum absolute atomic E-state index is 13.2. The summed E-state index contributed by atoms with van der Waals surface area (Å²) in [4.78, 5) is 31.1. The van der Waals surface area contributed by atoms with Crippen LogP contribution in [0.5, 0.6) is 0 Å². The first-order valence-corrected chi connectivity index (χ1v) is 11.3. The molecule has 2 heterocycles. The number of hydrogen-bond donors (Lipinski definition) is 1. The van der Waals surface area contributed by atoms with Gasteiger partial charge in [-0.1, -0.05) is 50.1 Å². The monoisotopic (exact) mass is 457 g/mol. The molecule has 1 aliphatic heterocycles. The van der Waals surface area contributed by atoms with Crippen molar-refractivity contribution in [3.63, 3.8) is 0 Å². The van der Waals surface area contributed by atoms with Crippen LogP contribution in [0.1, 0.15) is 30.6 Å². The average Bonchev–Trinajstić information content (AvgIpc) is 3.21. The van der Waals surface area contributed by atoms with Crippen LogP contribution < -0.4 is 10.2 Å². The average molecular weight is 458 g/mol. The van der Waals surface area contributed by atoms with Gasteiger partial charge in [-0.15, -0.1) is 6.42 Å². The van der Waals surface area contributed by atoms with Crippen molar-refractivity contribution in [2.45, 2.75) is 26.8 Å². The van der Waals surface area contributed by atoms with Crippen molar-refractivity contribution in [3.8, 4) is 23.6 Å². The molecule has 8 heteroatoms. The Hall–Kier alpha value is -4.12. The maximum atomic E-state index is 13.2. The number of benzene rings is 2. The molecule has 0 bridgehead atoms. The van der Waals surface area contributed by atoms with E-state index in [0.717, 1.165) is 25.1 Å². The number of piperidine rings is 1. The predicted molar refractivity (Wildman–Crippen MR) is 133 cm³/mol. The molecule has 3 aromatic rings. The number of aromatic nitrogens is 2. The van der Waals surface area contributed by atoms with E-state index in [1.54, 1.807) is 23.0 Å². The fraction of sp³-hybridized carbons (Fsp3) is 0.308. The SMILES string of the molecule is C#CCn1cnc(-c2ccccc2)c1NC(=O)c1ccc(N2CC(C)CC(C)C2)c([N+](=O)[O-])c1. The molecule has 0 aliphatic carbocycles. The van der Waals surface area contributed by atoms with E-state index < -0.39 is 10.8 Å². The van der Waals surface area contributed by atoms with Crippen LogP contribution in [0.25, 0.3) is 11.3 Å². The number of nitro benzene ring substituents is 1. The van der Waals surface area contributed by atoms with Gasteiger partial charge in [-0.3, -0.25) is 14.9 Å². The number of nitrogens with zero attached hydrogens (tertiary/aromatic N) is 4. The van der Waals surface area contributed by atoms with Gasteiger partial charge in [0.25, 0.3) is 11.6 Å². The number of imidazole rings is 1. The Balaban J connectivity index is 1.66. The minimum atomic E-state index is -0.467. The molecule has 8 nitrogen and oxygen atoms in total. The molecule has 1 N–H and O–H groups in total. The van der Waals surface area contributed by atoms with Gasteiger partial charge < -0.3 is 14.8 Å².